The number of hydrogen-bond donors (Lipinski definition) is 0. The second-order valence-corrected chi connectivity index (χ2v) is 12.1. The number of aryl methyl sites for hydroxylation is 1. The highest BCUT2D eigenvalue weighted by Crippen LogP contribution is 2.35. The number of anilines is 1. The van der Waals surface area contributed by atoms with E-state index in [0.29, 0.717) is 30.4 Å². The number of para-hydroxylation sites is 1. The van der Waals surface area contributed by atoms with Gasteiger partial charge in [0.25, 0.3) is 0 Å². The largest absolute Gasteiger partial charge is 0.339 e. The molecule has 2 aromatic carbocycles. The minimum atomic E-state index is -3.58. The number of nitrogens with zero attached hydrogens (tertiary/aromatic N) is 6. The first-order chi connectivity index (χ1) is 17.4. The van der Waals surface area contributed by atoms with Crippen molar-refractivity contribution in [3.8, 4) is 0 Å². The molecule has 8 nitrogen and oxygen atoms in total. The van der Waals surface area contributed by atoms with Crippen LogP contribution in [0.3, 0.4) is 0 Å². The molecule has 9 heteroatoms. The summed E-state index contributed by atoms with van der Waals surface area (Å²) in [7, 11) is -3.58. The van der Waals surface area contributed by atoms with Crippen LogP contribution in [-0.2, 0) is 10.0 Å². The summed E-state index contributed by atoms with van der Waals surface area (Å²) in [6, 6.07) is 15.0. The quantitative estimate of drug-likeness (QED) is 0.406. The molecule has 1 aliphatic heterocycles. The third kappa shape index (κ3) is 3.94. The van der Waals surface area contributed by atoms with Gasteiger partial charge in [0.15, 0.2) is 5.65 Å². The Morgan fingerprint density at radius 3 is 2.53 bits per heavy atom. The molecule has 0 radical (unpaired) electrons. The lowest BCUT2D eigenvalue weighted by Gasteiger charge is -2.39. The van der Waals surface area contributed by atoms with Gasteiger partial charge in [-0.05, 0) is 56.5 Å². The molecule has 0 spiro atoms. The first kappa shape index (κ1) is 23.4. The third-order valence-corrected chi connectivity index (χ3v) is 9.68. The van der Waals surface area contributed by atoms with E-state index in [1.165, 1.54) is 19.3 Å². The number of piperazine rings is 1. The molecular weight excluding hydrogens is 472 g/mol. The highest BCUT2D eigenvalue weighted by atomic mass is 32.2. The van der Waals surface area contributed by atoms with Crippen molar-refractivity contribution in [2.45, 2.75) is 62.8 Å². The van der Waals surface area contributed by atoms with Crippen LogP contribution in [0.2, 0.25) is 0 Å². The molecule has 1 saturated carbocycles. The Labute approximate surface area is 212 Å². The average molecular weight is 505 g/mol. The van der Waals surface area contributed by atoms with Crippen molar-refractivity contribution in [1.29, 1.82) is 0 Å². The molecule has 188 valence electrons. The van der Waals surface area contributed by atoms with E-state index in [1.54, 1.807) is 22.5 Å². The monoisotopic (exact) mass is 504 g/mol. The molecule has 1 atom stereocenters. The lowest BCUT2D eigenvalue weighted by Crippen LogP contribution is -2.54. The molecule has 2 aromatic heterocycles. The molecular formula is C27H32N6O2S. The van der Waals surface area contributed by atoms with Crippen LogP contribution in [0.25, 0.3) is 16.6 Å². The molecule has 4 aromatic rings. The van der Waals surface area contributed by atoms with Crippen molar-refractivity contribution < 1.29 is 8.42 Å². The van der Waals surface area contributed by atoms with Crippen LogP contribution in [0.4, 0.5) is 5.95 Å². The van der Waals surface area contributed by atoms with E-state index in [-0.39, 0.29) is 6.04 Å². The summed E-state index contributed by atoms with van der Waals surface area (Å²) in [6.07, 6.45) is 5.93. The minimum absolute atomic E-state index is 0.206. The van der Waals surface area contributed by atoms with Gasteiger partial charge >= 0.3 is 0 Å². The molecule has 1 saturated heterocycles. The Morgan fingerprint density at radius 2 is 1.75 bits per heavy atom. The molecule has 0 amide bonds. The average Bonchev–Trinajstić information content (AvgIpc) is 3.34. The first-order valence-corrected chi connectivity index (χ1v) is 14.3. The van der Waals surface area contributed by atoms with Crippen molar-refractivity contribution >= 4 is 32.5 Å². The van der Waals surface area contributed by atoms with Gasteiger partial charge in [-0.2, -0.15) is 4.31 Å². The van der Waals surface area contributed by atoms with E-state index in [0.717, 1.165) is 46.7 Å². The lowest BCUT2D eigenvalue weighted by atomic mass is 9.89. The van der Waals surface area contributed by atoms with Gasteiger partial charge in [0, 0.05) is 37.0 Å². The molecule has 3 heterocycles. The van der Waals surface area contributed by atoms with E-state index in [9.17, 15) is 8.42 Å². The third-order valence-electron chi connectivity index (χ3n) is 7.67. The minimum Gasteiger partial charge on any atom is -0.339 e. The maximum absolute atomic E-state index is 13.5. The van der Waals surface area contributed by atoms with Crippen LogP contribution in [-0.4, -0.2) is 58.0 Å². The highest BCUT2D eigenvalue weighted by molar-refractivity contribution is 7.89. The summed E-state index contributed by atoms with van der Waals surface area (Å²) in [5, 5.41) is 10.3. The fraction of sp³-hybridized carbons (Fsp3) is 0.444. The van der Waals surface area contributed by atoms with Gasteiger partial charge in [-0.3, -0.25) is 0 Å². The summed E-state index contributed by atoms with van der Waals surface area (Å²) >= 11 is 0. The second-order valence-electron chi connectivity index (χ2n) is 10.2. The van der Waals surface area contributed by atoms with Crippen LogP contribution in [0.1, 0.15) is 56.3 Å². The summed E-state index contributed by atoms with van der Waals surface area (Å²) in [6.45, 7) is 5.40. The number of benzene rings is 2. The van der Waals surface area contributed by atoms with Crippen LogP contribution in [0.5, 0.6) is 0 Å². The van der Waals surface area contributed by atoms with Crippen molar-refractivity contribution in [2.75, 3.05) is 24.5 Å². The van der Waals surface area contributed by atoms with Crippen LogP contribution in [0, 0.1) is 6.92 Å². The van der Waals surface area contributed by atoms with Gasteiger partial charge in [0.05, 0.1) is 10.4 Å². The van der Waals surface area contributed by atoms with Gasteiger partial charge in [-0.15, -0.1) is 10.2 Å². The predicted molar refractivity (Wildman–Crippen MR) is 141 cm³/mol. The molecule has 0 unspecified atom stereocenters. The van der Waals surface area contributed by atoms with Crippen LogP contribution < -0.4 is 4.90 Å². The number of sulfonamides is 1. The first-order valence-electron chi connectivity index (χ1n) is 12.9. The Balaban J connectivity index is 1.39. The second kappa shape index (κ2) is 9.12. The zero-order chi connectivity index (χ0) is 24.9. The molecule has 2 aliphatic rings. The highest BCUT2D eigenvalue weighted by Gasteiger charge is 2.35. The molecule has 2 fully saturated rings. The Hall–Kier alpha value is -3.04. The number of hydrogen-bond acceptors (Lipinski definition) is 6. The fourth-order valence-electron chi connectivity index (χ4n) is 5.81. The topological polar surface area (TPSA) is 83.7 Å². The molecule has 0 N–H and O–H groups in total. The molecule has 0 bridgehead atoms. The maximum Gasteiger partial charge on any atom is 0.243 e. The van der Waals surface area contributed by atoms with Gasteiger partial charge in [-0.25, -0.2) is 17.8 Å². The van der Waals surface area contributed by atoms with E-state index >= 15 is 0 Å². The van der Waals surface area contributed by atoms with Crippen LogP contribution >= 0.6 is 0 Å². The molecule has 1 aliphatic carbocycles. The Morgan fingerprint density at radius 1 is 0.944 bits per heavy atom. The van der Waals surface area contributed by atoms with Crippen molar-refractivity contribution in [2.24, 2.45) is 0 Å². The zero-order valence-corrected chi connectivity index (χ0v) is 21.7. The van der Waals surface area contributed by atoms with E-state index in [2.05, 4.69) is 25.6 Å². The maximum atomic E-state index is 13.5. The van der Waals surface area contributed by atoms with Crippen LogP contribution in [0.15, 0.2) is 53.4 Å². The van der Waals surface area contributed by atoms with E-state index in [1.807, 2.05) is 38.1 Å². The molecule has 6 rings (SSSR count). The Kier molecular flexibility index (Phi) is 5.92. The van der Waals surface area contributed by atoms with E-state index < -0.39 is 10.0 Å². The Bertz CT molecular complexity index is 1530. The number of aromatic nitrogens is 4. The smallest absolute Gasteiger partial charge is 0.243 e. The summed E-state index contributed by atoms with van der Waals surface area (Å²) in [4.78, 5) is 7.65. The number of rotatable bonds is 4. The van der Waals surface area contributed by atoms with Gasteiger partial charge in [0.2, 0.25) is 16.0 Å². The van der Waals surface area contributed by atoms with Crippen molar-refractivity contribution in [3.05, 3.63) is 59.9 Å². The normalized spacial score (nSPS) is 20.4. The van der Waals surface area contributed by atoms with Gasteiger partial charge < -0.3 is 4.90 Å². The SMILES string of the molecule is Cc1cccc(S(=O)(=O)N2CCN(c3nc4ccccc4c4nnc(C5CCCCC5)n34)C[C@H]2C)c1. The summed E-state index contributed by atoms with van der Waals surface area (Å²) < 4.78 is 30.7. The lowest BCUT2D eigenvalue weighted by molar-refractivity contribution is 0.304. The predicted octanol–water partition coefficient (Wildman–Crippen LogP) is 4.53. The van der Waals surface area contributed by atoms with Gasteiger partial charge in [-0.1, -0.05) is 43.5 Å². The summed E-state index contributed by atoms with van der Waals surface area (Å²) in [5.74, 6) is 2.17. The molecule has 36 heavy (non-hydrogen) atoms. The van der Waals surface area contributed by atoms with Crippen molar-refractivity contribution in [3.63, 3.8) is 0 Å². The van der Waals surface area contributed by atoms with E-state index in [4.69, 9.17) is 4.98 Å². The van der Waals surface area contributed by atoms with Crippen molar-refractivity contribution in [1.82, 2.24) is 23.9 Å². The van der Waals surface area contributed by atoms with Gasteiger partial charge in [0.1, 0.15) is 5.82 Å². The summed E-state index contributed by atoms with van der Waals surface area (Å²) in [5.41, 5.74) is 2.65. The standard InChI is InChI=1S/C27H32N6O2S/c1-19-9-8-12-22(17-19)36(34,35)32-16-15-31(18-20(32)2)27-28-24-14-7-6-13-23(24)26-30-29-25(33(26)27)21-10-4-3-5-11-21/h6-9,12-14,17,20-21H,3-5,10-11,15-16,18H2,1-2H3/t20-/m1/s1. The number of fused-ring (bicyclic) bond motifs is 3. The zero-order valence-electron chi connectivity index (χ0n) is 20.8. The fourth-order valence-corrected chi connectivity index (χ4v) is 7.53.